The maximum Gasteiger partial charge on any atom is 0.223 e. The fourth-order valence-corrected chi connectivity index (χ4v) is 2.46. The van der Waals surface area contributed by atoms with Crippen LogP contribution in [0.5, 0.6) is 0 Å². The third-order valence-electron chi connectivity index (χ3n) is 3.57. The molecule has 1 aliphatic heterocycles. The molecule has 0 radical (unpaired) electrons. The number of hydrogen-bond acceptors (Lipinski definition) is 3. The minimum Gasteiger partial charge on any atom is -0.399 e. The Morgan fingerprint density at radius 3 is 2.10 bits per heavy atom. The lowest BCUT2D eigenvalue weighted by atomic mass is 9.91. The van der Waals surface area contributed by atoms with Crippen molar-refractivity contribution in [2.45, 2.75) is 34.6 Å². The van der Waals surface area contributed by atoms with Crippen LogP contribution in [0.1, 0.15) is 34.6 Å². The smallest absolute Gasteiger partial charge is 0.223 e. The highest BCUT2D eigenvalue weighted by Crippen LogP contribution is 2.22. The van der Waals surface area contributed by atoms with Gasteiger partial charge in [0.25, 0.3) is 0 Å². The van der Waals surface area contributed by atoms with E-state index in [0.717, 1.165) is 31.9 Å². The second-order valence-electron chi connectivity index (χ2n) is 6.70. The van der Waals surface area contributed by atoms with Crippen molar-refractivity contribution >= 4 is 17.3 Å². The maximum atomic E-state index is 12.2. The second kappa shape index (κ2) is 6.83. The monoisotopic (exact) mass is 291 g/mol. The summed E-state index contributed by atoms with van der Waals surface area (Å²) in [6, 6.07) is 7.93. The van der Waals surface area contributed by atoms with Crippen LogP contribution in [0.4, 0.5) is 11.4 Å². The van der Waals surface area contributed by atoms with Crippen LogP contribution in [-0.2, 0) is 4.79 Å². The van der Waals surface area contributed by atoms with Crippen molar-refractivity contribution < 1.29 is 4.79 Å². The zero-order valence-corrected chi connectivity index (χ0v) is 12.7. The van der Waals surface area contributed by atoms with Gasteiger partial charge in [0.05, 0.1) is 0 Å². The SMILES string of the molecule is C.CC(C)(C)CC(=O)N1CCN(c2ccc(N)cc2)CC1. The van der Waals surface area contributed by atoms with Gasteiger partial charge in [0.2, 0.25) is 5.91 Å². The van der Waals surface area contributed by atoms with E-state index in [1.807, 2.05) is 29.2 Å². The van der Waals surface area contributed by atoms with E-state index in [9.17, 15) is 4.79 Å². The van der Waals surface area contributed by atoms with E-state index in [-0.39, 0.29) is 18.7 Å². The molecule has 1 aliphatic rings. The number of anilines is 2. The molecule has 0 aromatic heterocycles. The van der Waals surface area contributed by atoms with Gasteiger partial charge in [-0.3, -0.25) is 4.79 Å². The molecule has 1 amide bonds. The number of nitrogens with two attached hydrogens (primary N) is 1. The fourth-order valence-electron chi connectivity index (χ4n) is 2.46. The molecular formula is C17H29N3O. The molecule has 0 unspecified atom stereocenters. The standard InChI is InChI=1S/C16H25N3O.CH4/c1-16(2,3)12-15(20)19-10-8-18(9-11-19)14-6-4-13(17)5-7-14;/h4-7H,8-12,17H2,1-3H3;1H4. The molecule has 0 bridgehead atoms. The van der Waals surface area contributed by atoms with Gasteiger partial charge in [-0.15, -0.1) is 0 Å². The predicted molar refractivity (Wildman–Crippen MR) is 90.5 cm³/mol. The summed E-state index contributed by atoms with van der Waals surface area (Å²) in [6.07, 6.45) is 0.620. The normalized spacial score (nSPS) is 15.6. The molecule has 1 aromatic carbocycles. The number of carbonyl (C=O) groups is 1. The highest BCUT2D eigenvalue weighted by molar-refractivity contribution is 5.77. The topological polar surface area (TPSA) is 49.6 Å². The molecule has 2 N–H and O–H groups in total. The quantitative estimate of drug-likeness (QED) is 0.852. The number of nitrogen functional groups attached to an aromatic ring is 1. The second-order valence-corrected chi connectivity index (χ2v) is 6.70. The van der Waals surface area contributed by atoms with Crippen LogP contribution in [0.2, 0.25) is 0 Å². The summed E-state index contributed by atoms with van der Waals surface area (Å²) in [7, 11) is 0. The summed E-state index contributed by atoms with van der Waals surface area (Å²) in [5.41, 5.74) is 7.73. The van der Waals surface area contributed by atoms with E-state index in [0.29, 0.717) is 6.42 Å². The van der Waals surface area contributed by atoms with Crippen molar-refractivity contribution in [2.24, 2.45) is 5.41 Å². The average molecular weight is 291 g/mol. The summed E-state index contributed by atoms with van der Waals surface area (Å²) >= 11 is 0. The minimum atomic E-state index is 0. The number of rotatable bonds is 2. The number of amides is 1. The van der Waals surface area contributed by atoms with Gasteiger partial charge in [-0.25, -0.2) is 0 Å². The molecule has 1 saturated heterocycles. The Kier molecular flexibility index (Phi) is 5.64. The first-order valence-corrected chi connectivity index (χ1v) is 7.23. The summed E-state index contributed by atoms with van der Waals surface area (Å²) in [5.74, 6) is 0.273. The van der Waals surface area contributed by atoms with Gasteiger partial charge < -0.3 is 15.5 Å². The molecule has 1 fully saturated rings. The molecule has 0 aliphatic carbocycles. The molecule has 0 spiro atoms. The zero-order valence-electron chi connectivity index (χ0n) is 12.7. The van der Waals surface area contributed by atoms with Crippen LogP contribution in [-0.4, -0.2) is 37.0 Å². The van der Waals surface area contributed by atoms with Crippen molar-refractivity contribution in [1.82, 2.24) is 4.90 Å². The zero-order chi connectivity index (χ0) is 14.8. The molecule has 4 heteroatoms. The molecular weight excluding hydrogens is 262 g/mol. The predicted octanol–water partition coefficient (Wildman–Crippen LogP) is 2.99. The van der Waals surface area contributed by atoms with Gasteiger partial charge in [-0.1, -0.05) is 28.2 Å². The van der Waals surface area contributed by atoms with E-state index < -0.39 is 0 Å². The van der Waals surface area contributed by atoms with Gasteiger partial charge in [0, 0.05) is 44.0 Å². The van der Waals surface area contributed by atoms with Crippen LogP contribution in [0, 0.1) is 5.41 Å². The Bertz CT molecular complexity index is 454. The Morgan fingerprint density at radius 2 is 1.62 bits per heavy atom. The van der Waals surface area contributed by atoms with Crippen LogP contribution < -0.4 is 10.6 Å². The molecule has 4 nitrogen and oxygen atoms in total. The van der Waals surface area contributed by atoms with E-state index in [4.69, 9.17) is 5.73 Å². The molecule has 1 heterocycles. The largest absolute Gasteiger partial charge is 0.399 e. The van der Waals surface area contributed by atoms with Crippen molar-refractivity contribution in [3.63, 3.8) is 0 Å². The Morgan fingerprint density at radius 1 is 1.10 bits per heavy atom. The summed E-state index contributed by atoms with van der Waals surface area (Å²) in [5, 5.41) is 0. The van der Waals surface area contributed by atoms with Gasteiger partial charge in [-0.2, -0.15) is 0 Å². The Labute approximate surface area is 128 Å². The summed E-state index contributed by atoms with van der Waals surface area (Å²) in [6.45, 7) is 9.71. The van der Waals surface area contributed by atoms with Crippen molar-refractivity contribution in [2.75, 3.05) is 36.8 Å². The molecule has 2 rings (SSSR count). The lowest BCUT2D eigenvalue weighted by Crippen LogP contribution is -2.49. The first kappa shape index (κ1) is 17.3. The fraction of sp³-hybridized carbons (Fsp3) is 0.588. The minimum absolute atomic E-state index is 0. The highest BCUT2D eigenvalue weighted by Gasteiger charge is 2.24. The molecule has 118 valence electrons. The summed E-state index contributed by atoms with van der Waals surface area (Å²) in [4.78, 5) is 16.5. The van der Waals surface area contributed by atoms with Gasteiger partial charge >= 0.3 is 0 Å². The summed E-state index contributed by atoms with van der Waals surface area (Å²) < 4.78 is 0. The van der Waals surface area contributed by atoms with Gasteiger partial charge in [0.15, 0.2) is 0 Å². The van der Waals surface area contributed by atoms with Gasteiger partial charge in [0.1, 0.15) is 0 Å². The number of carbonyl (C=O) groups excluding carboxylic acids is 1. The average Bonchev–Trinajstić information content (AvgIpc) is 2.38. The highest BCUT2D eigenvalue weighted by atomic mass is 16.2. The molecule has 1 aromatic rings. The third-order valence-corrected chi connectivity index (χ3v) is 3.57. The van der Waals surface area contributed by atoms with Crippen LogP contribution in [0.25, 0.3) is 0 Å². The first-order valence-electron chi connectivity index (χ1n) is 7.23. The molecule has 21 heavy (non-hydrogen) atoms. The maximum absolute atomic E-state index is 12.2. The van der Waals surface area contributed by atoms with Crippen LogP contribution in [0.15, 0.2) is 24.3 Å². The van der Waals surface area contributed by atoms with E-state index in [1.54, 1.807) is 0 Å². The molecule has 0 atom stereocenters. The van der Waals surface area contributed by atoms with Crippen LogP contribution >= 0.6 is 0 Å². The lowest BCUT2D eigenvalue weighted by molar-refractivity contribution is -0.133. The number of piperazine rings is 1. The van der Waals surface area contributed by atoms with Gasteiger partial charge in [-0.05, 0) is 29.7 Å². The van der Waals surface area contributed by atoms with Crippen LogP contribution in [0.3, 0.4) is 0 Å². The number of nitrogens with zero attached hydrogens (tertiary/aromatic N) is 2. The lowest BCUT2D eigenvalue weighted by Gasteiger charge is -2.37. The van der Waals surface area contributed by atoms with E-state index in [2.05, 4.69) is 25.7 Å². The molecule has 0 saturated carbocycles. The Balaban J connectivity index is 0.00000220. The van der Waals surface area contributed by atoms with Crippen molar-refractivity contribution in [3.8, 4) is 0 Å². The third kappa shape index (κ3) is 4.96. The van der Waals surface area contributed by atoms with Crippen molar-refractivity contribution in [1.29, 1.82) is 0 Å². The van der Waals surface area contributed by atoms with E-state index in [1.165, 1.54) is 5.69 Å². The van der Waals surface area contributed by atoms with Crippen molar-refractivity contribution in [3.05, 3.63) is 24.3 Å². The van der Waals surface area contributed by atoms with E-state index >= 15 is 0 Å². The number of benzene rings is 1. The Hall–Kier alpha value is -1.71. The first-order chi connectivity index (χ1) is 9.35. The number of hydrogen-bond donors (Lipinski definition) is 1.